The molecule has 0 amide bonds. The Morgan fingerprint density at radius 3 is 2.55 bits per heavy atom. The van der Waals surface area contributed by atoms with E-state index in [2.05, 4.69) is 20.5 Å². The molecule has 146 valence electrons. The minimum atomic E-state index is -4.47. The molecule has 3 aromatic rings. The Kier molecular flexibility index (Phi) is 5.97. The molecule has 0 bridgehead atoms. The summed E-state index contributed by atoms with van der Waals surface area (Å²) in [5.74, 6) is -0.0499. The quantitative estimate of drug-likeness (QED) is 0.310. The molecule has 3 rings (SSSR count). The third kappa shape index (κ3) is 4.62. The highest BCUT2D eigenvalue weighted by Gasteiger charge is 2.33. The fraction of sp³-hybridized carbons (Fsp3) is 0.0526. The molecule has 0 atom stereocenters. The number of hydrogen-bond acceptors (Lipinski definition) is 5. The fourth-order valence-corrected chi connectivity index (χ4v) is 3.27. The van der Waals surface area contributed by atoms with Gasteiger partial charge in [-0.3, -0.25) is 9.78 Å². The van der Waals surface area contributed by atoms with Crippen LogP contribution in [0.5, 0.6) is 0 Å². The summed E-state index contributed by atoms with van der Waals surface area (Å²) in [6.07, 6.45) is -3.28. The number of aromatic nitrogens is 2. The molecule has 0 radical (unpaired) electrons. The number of aromatic amines is 1. The van der Waals surface area contributed by atoms with Crippen LogP contribution in [0.4, 0.5) is 19.1 Å². The smallest absolute Gasteiger partial charge is 0.290 e. The number of halogens is 4. The highest BCUT2D eigenvalue weighted by molar-refractivity contribution is 14.1. The second kappa shape index (κ2) is 8.44. The molecule has 0 spiro atoms. The predicted octanol–water partition coefficient (Wildman–Crippen LogP) is 4.38. The maximum Gasteiger partial charge on any atom is 0.417 e. The highest BCUT2D eigenvalue weighted by atomic mass is 127. The van der Waals surface area contributed by atoms with E-state index < -0.39 is 17.3 Å². The van der Waals surface area contributed by atoms with Crippen molar-refractivity contribution in [1.29, 1.82) is 5.26 Å². The molecule has 29 heavy (non-hydrogen) atoms. The minimum absolute atomic E-state index is 0.00518. The topological polar surface area (TPSA) is 93.9 Å². The van der Waals surface area contributed by atoms with E-state index in [-0.39, 0.29) is 26.3 Å². The average molecular weight is 509 g/mol. The van der Waals surface area contributed by atoms with Gasteiger partial charge >= 0.3 is 6.18 Å². The molecule has 0 aliphatic rings. The van der Waals surface area contributed by atoms with E-state index in [0.29, 0.717) is 5.56 Å². The molecular weight excluding hydrogens is 498 g/mol. The zero-order valence-electron chi connectivity index (χ0n) is 14.5. The largest absolute Gasteiger partial charge is 0.417 e. The maximum atomic E-state index is 13.0. The van der Waals surface area contributed by atoms with Gasteiger partial charge in [0.25, 0.3) is 5.56 Å². The summed E-state index contributed by atoms with van der Waals surface area (Å²) in [5.41, 5.74) is 1.89. The highest BCUT2D eigenvalue weighted by Crippen LogP contribution is 2.33. The second-order valence-corrected chi connectivity index (χ2v) is 6.77. The number of hydrogen-bond donors (Lipinski definition) is 2. The average Bonchev–Trinajstić information content (AvgIpc) is 2.68. The van der Waals surface area contributed by atoms with Crippen molar-refractivity contribution >= 4 is 34.8 Å². The third-order valence-electron chi connectivity index (χ3n) is 3.79. The number of rotatable bonds is 4. The van der Waals surface area contributed by atoms with Gasteiger partial charge in [-0.05, 0) is 28.7 Å². The second-order valence-electron chi connectivity index (χ2n) is 5.69. The van der Waals surface area contributed by atoms with Crippen LogP contribution in [0.15, 0.2) is 58.4 Å². The van der Waals surface area contributed by atoms with Gasteiger partial charge in [-0.15, -0.1) is 0 Å². The van der Waals surface area contributed by atoms with Crippen molar-refractivity contribution < 1.29 is 13.2 Å². The molecular formula is C19H11F3IN5O. The van der Waals surface area contributed by atoms with E-state index in [4.69, 9.17) is 0 Å². The van der Waals surface area contributed by atoms with Crippen LogP contribution in [0.3, 0.4) is 0 Å². The van der Waals surface area contributed by atoms with Crippen LogP contribution in [0.1, 0.15) is 16.7 Å². The number of H-pyrrole nitrogens is 1. The number of anilines is 1. The summed E-state index contributed by atoms with van der Waals surface area (Å²) in [6.45, 7) is 0. The summed E-state index contributed by atoms with van der Waals surface area (Å²) in [4.78, 5) is 18.7. The lowest BCUT2D eigenvalue weighted by Gasteiger charge is -2.10. The van der Waals surface area contributed by atoms with Crippen LogP contribution in [0, 0.1) is 14.9 Å². The first-order valence-corrected chi connectivity index (χ1v) is 9.13. The molecule has 10 heteroatoms. The molecule has 0 aliphatic carbocycles. The normalized spacial score (nSPS) is 11.4. The molecule has 0 saturated carbocycles. The van der Waals surface area contributed by atoms with Gasteiger partial charge in [0.2, 0.25) is 5.95 Å². The van der Waals surface area contributed by atoms with E-state index in [0.717, 1.165) is 6.07 Å². The number of nitrogens with one attached hydrogen (secondary N) is 2. The lowest BCUT2D eigenvalue weighted by atomic mass is 10.1. The summed E-state index contributed by atoms with van der Waals surface area (Å²) in [6, 6.07) is 14.2. The van der Waals surface area contributed by atoms with Crippen LogP contribution in [-0.2, 0) is 6.18 Å². The van der Waals surface area contributed by atoms with Crippen molar-refractivity contribution in [2.45, 2.75) is 6.18 Å². The Labute approximate surface area is 176 Å². The van der Waals surface area contributed by atoms with Crippen LogP contribution < -0.4 is 11.0 Å². The van der Waals surface area contributed by atoms with Gasteiger partial charge in [-0.2, -0.15) is 23.5 Å². The number of nitrogens with zero attached hydrogens (tertiary/aromatic N) is 3. The van der Waals surface area contributed by atoms with Gasteiger partial charge in [0, 0.05) is 14.7 Å². The van der Waals surface area contributed by atoms with Gasteiger partial charge in [-0.1, -0.05) is 42.5 Å². The summed E-state index contributed by atoms with van der Waals surface area (Å²) < 4.78 is 39.0. The minimum Gasteiger partial charge on any atom is -0.290 e. The lowest BCUT2D eigenvalue weighted by Crippen LogP contribution is -2.16. The SMILES string of the molecule is N#Cc1c(-c2ccccc2)nc(NN=Cc2cccc(C(F)(F)F)c2I)[nH]c1=O. The van der Waals surface area contributed by atoms with Gasteiger partial charge < -0.3 is 0 Å². The first-order chi connectivity index (χ1) is 13.8. The summed E-state index contributed by atoms with van der Waals surface area (Å²) in [5, 5.41) is 13.1. The van der Waals surface area contributed by atoms with Crippen molar-refractivity contribution in [3.05, 3.63) is 79.1 Å². The zero-order valence-corrected chi connectivity index (χ0v) is 16.6. The molecule has 2 N–H and O–H groups in total. The van der Waals surface area contributed by atoms with Gasteiger partial charge in [0.15, 0.2) is 0 Å². The van der Waals surface area contributed by atoms with Crippen molar-refractivity contribution in [2.24, 2.45) is 5.10 Å². The molecule has 6 nitrogen and oxygen atoms in total. The Morgan fingerprint density at radius 2 is 1.90 bits per heavy atom. The van der Waals surface area contributed by atoms with E-state index in [1.54, 1.807) is 52.9 Å². The lowest BCUT2D eigenvalue weighted by molar-refractivity contribution is -0.138. The number of nitriles is 1. The van der Waals surface area contributed by atoms with E-state index >= 15 is 0 Å². The van der Waals surface area contributed by atoms with E-state index in [1.165, 1.54) is 18.3 Å². The molecule has 0 fully saturated rings. The van der Waals surface area contributed by atoms with Gasteiger partial charge in [0.05, 0.1) is 17.5 Å². The molecule has 0 aliphatic heterocycles. The number of benzene rings is 2. The molecule has 0 unspecified atom stereocenters. The van der Waals surface area contributed by atoms with Crippen LogP contribution in [0.2, 0.25) is 0 Å². The van der Waals surface area contributed by atoms with Crippen LogP contribution >= 0.6 is 22.6 Å². The first kappa shape index (κ1) is 20.5. The van der Waals surface area contributed by atoms with Crippen LogP contribution in [-0.4, -0.2) is 16.2 Å². The third-order valence-corrected chi connectivity index (χ3v) is 4.99. The number of hydrazone groups is 1. The Bertz CT molecular complexity index is 1170. The first-order valence-electron chi connectivity index (χ1n) is 8.06. The monoisotopic (exact) mass is 509 g/mol. The molecule has 2 aromatic carbocycles. The summed E-state index contributed by atoms with van der Waals surface area (Å²) in [7, 11) is 0. The van der Waals surface area contributed by atoms with Gasteiger partial charge in [0.1, 0.15) is 11.6 Å². The zero-order chi connectivity index (χ0) is 21.0. The maximum absolute atomic E-state index is 13.0. The van der Waals surface area contributed by atoms with E-state index in [1.807, 2.05) is 6.07 Å². The Morgan fingerprint density at radius 1 is 1.17 bits per heavy atom. The molecule has 0 saturated heterocycles. The number of alkyl halides is 3. The Balaban J connectivity index is 1.92. The molecule has 1 heterocycles. The van der Waals surface area contributed by atoms with Crippen molar-refractivity contribution in [3.63, 3.8) is 0 Å². The van der Waals surface area contributed by atoms with Crippen molar-refractivity contribution in [2.75, 3.05) is 5.43 Å². The van der Waals surface area contributed by atoms with Gasteiger partial charge in [-0.25, -0.2) is 10.4 Å². The van der Waals surface area contributed by atoms with Crippen LogP contribution in [0.25, 0.3) is 11.3 Å². The van der Waals surface area contributed by atoms with E-state index in [9.17, 15) is 23.2 Å². The standard InChI is InChI=1S/C19H11F3IN5O/c20-19(21,22)14-8-4-7-12(15(14)23)10-25-28-18-26-16(11-5-2-1-3-6-11)13(9-24)17(29)27-18/h1-8,10H,(H2,26,27,28,29). The fourth-order valence-electron chi connectivity index (χ4n) is 2.47. The van der Waals surface area contributed by atoms with Crippen molar-refractivity contribution in [1.82, 2.24) is 9.97 Å². The predicted molar refractivity (Wildman–Crippen MR) is 110 cm³/mol. The van der Waals surface area contributed by atoms with Crippen molar-refractivity contribution in [3.8, 4) is 17.3 Å². The molecule has 1 aromatic heterocycles. The Hall–Kier alpha value is -3.20. The summed E-state index contributed by atoms with van der Waals surface area (Å²) >= 11 is 1.60.